The van der Waals surface area contributed by atoms with E-state index in [4.69, 9.17) is 16.7 Å². The molecule has 0 aliphatic carbocycles. The van der Waals surface area contributed by atoms with Crippen LogP contribution in [0.1, 0.15) is 23.2 Å². The third-order valence-electron chi connectivity index (χ3n) is 2.05. The van der Waals surface area contributed by atoms with Crippen LogP contribution in [-0.4, -0.2) is 28.3 Å². The van der Waals surface area contributed by atoms with Gasteiger partial charge in [-0.1, -0.05) is 11.6 Å². The molecule has 1 N–H and O–H groups in total. The van der Waals surface area contributed by atoms with Gasteiger partial charge in [0.25, 0.3) is 5.69 Å². The SMILES string of the molecule is O=C(O)c1ccc(Cl)c([N+](=O)[O-])c1.PCCCCP.[CH3-].[CH3-].[Ir]. The summed E-state index contributed by atoms with van der Waals surface area (Å²) in [4.78, 5) is 20.0. The number of nitro benzene ring substituents is 1. The largest absolute Gasteiger partial charge is 0.478 e. The molecule has 1 aromatic carbocycles. The number of hydrogen-bond acceptors (Lipinski definition) is 3. The molecule has 0 saturated carbocycles. The molecular formula is C13H22ClIrNO4P2-2. The normalized spacial score (nSPS) is 8.14. The summed E-state index contributed by atoms with van der Waals surface area (Å²) in [5.74, 6) is -1.22. The molecule has 0 aliphatic rings. The Hall–Kier alpha value is -0.111. The standard InChI is InChI=1S/C7H4ClNO4.C4H12P2.2CH3.Ir/c8-5-2-1-4(7(10)11)3-6(5)9(12)13;5-3-1-2-4-6;;;/h1-3H,(H,10,11);1-6H2;2*1H3;/q;;2*-1;. The third-order valence-corrected chi connectivity index (χ3v) is 3.18. The van der Waals surface area contributed by atoms with Crippen molar-refractivity contribution in [3.8, 4) is 0 Å². The number of carboxylic acid groups (broad SMARTS) is 1. The minimum Gasteiger partial charge on any atom is -0.478 e. The van der Waals surface area contributed by atoms with Gasteiger partial charge >= 0.3 is 5.97 Å². The van der Waals surface area contributed by atoms with E-state index >= 15 is 0 Å². The summed E-state index contributed by atoms with van der Waals surface area (Å²) < 4.78 is 0. The third kappa shape index (κ3) is 12.4. The summed E-state index contributed by atoms with van der Waals surface area (Å²) >= 11 is 5.46. The summed E-state index contributed by atoms with van der Waals surface area (Å²) in [6.45, 7) is 0. The van der Waals surface area contributed by atoms with Gasteiger partial charge in [0.05, 0.1) is 10.5 Å². The molecule has 0 saturated heterocycles. The van der Waals surface area contributed by atoms with Gasteiger partial charge in [-0.25, -0.2) is 4.79 Å². The molecule has 9 heteroatoms. The number of benzene rings is 1. The topological polar surface area (TPSA) is 80.4 Å². The average Bonchev–Trinajstić information content (AvgIpc) is 2.37. The summed E-state index contributed by atoms with van der Waals surface area (Å²) in [5, 5.41) is 18.8. The molecule has 131 valence electrons. The molecule has 0 heterocycles. The molecule has 0 aromatic heterocycles. The van der Waals surface area contributed by atoms with Crippen molar-refractivity contribution >= 4 is 41.7 Å². The van der Waals surface area contributed by atoms with Crippen molar-refractivity contribution in [3.63, 3.8) is 0 Å². The number of halogens is 1. The fraction of sp³-hybridized carbons (Fsp3) is 0.308. The van der Waals surface area contributed by atoms with Crippen LogP contribution in [0.5, 0.6) is 0 Å². The maximum absolute atomic E-state index is 10.4. The number of carbonyl (C=O) groups is 1. The van der Waals surface area contributed by atoms with Gasteiger partial charge in [0.15, 0.2) is 0 Å². The Morgan fingerprint density at radius 2 is 1.68 bits per heavy atom. The van der Waals surface area contributed by atoms with Crippen molar-refractivity contribution in [2.24, 2.45) is 0 Å². The van der Waals surface area contributed by atoms with Gasteiger partial charge in [0.2, 0.25) is 0 Å². The zero-order valence-electron chi connectivity index (χ0n) is 12.5. The molecule has 1 rings (SSSR count). The quantitative estimate of drug-likeness (QED) is 0.196. The maximum Gasteiger partial charge on any atom is 0.335 e. The summed E-state index contributed by atoms with van der Waals surface area (Å²) in [6, 6.07) is 3.31. The Morgan fingerprint density at radius 1 is 1.23 bits per heavy atom. The first kappa shape index (κ1) is 29.8. The second kappa shape index (κ2) is 17.2. The summed E-state index contributed by atoms with van der Waals surface area (Å²) in [6.07, 6.45) is 5.23. The molecule has 1 radical (unpaired) electrons. The number of carboxylic acids is 1. The Bertz CT molecular complexity index is 446. The van der Waals surface area contributed by atoms with Gasteiger partial charge in [0, 0.05) is 26.2 Å². The van der Waals surface area contributed by atoms with Crippen molar-refractivity contribution in [1.29, 1.82) is 0 Å². The zero-order valence-corrected chi connectivity index (χ0v) is 18.0. The number of hydrogen-bond donors (Lipinski definition) is 1. The zero-order chi connectivity index (χ0) is 14.8. The molecule has 0 fully saturated rings. The molecule has 5 nitrogen and oxygen atoms in total. The predicted octanol–water partition coefficient (Wildman–Crippen LogP) is 4.36. The number of nitro groups is 1. The van der Waals surface area contributed by atoms with Crippen LogP contribution in [0.4, 0.5) is 5.69 Å². The van der Waals surface area contributed by atoms with Crippen LogP contribution in [0, 0.1) is 25.0 Å². The molecule has 0 spiro atoms. The first-order chi connectivity index (χ1) is 8.93. The number of unbranched alkanes of at least 4 members (excludes halogenated alkanes) is 1. The Morgan fingerprint density at radius 3 is 2.00 bits per heavy atom. The molecule has 2 atom stereocenters. The molecule has 0 bridgehead atoms. The molecular weight excluding hydrogens is 524 g/mol. The van der Waals surface area contributed by atoms with Gasteiger partial charge in [-0.2, -0.15) is 0 Å². The first-order valence-electron chi connectivity index (χ1n) is 5.51. The van der Waals surface area contributed by atoms with E-state index in [1.165, 1.54) is 37.3 Å². The van der Waals surface area contributed by atoms with Crippen LogP contribution in [-0.2, 0) is 20.1 Å². The molecule has 0 amide bonds. The van der Waals surface area contributed by atoms with Crippen molar-refractivity contribution in [2.75, 3.05) is 12.3 Å². The van der Waals surface area contributed by atoms with E-state index in [2.05, 4.69) is 18.5 Å². The second-order valence-electron chi connectivity index (χ2n) is 3.51. The predicted molar refractivity (Wildman–Crippen MR) is 96.3 cm³/mol. The minimum atomic E-state index is -1.22. The van der Waals surface area contributed by atoms with E-state index in [0.29, 0.717) is 0 Å². The minimum absolute atomic E-state index is 0. The monoisotopic (exact) mass is 546 g/mol. The van der Waals surface area contributed by atoms with E-state index in [-0.39, 0.29) is 45.5 Å². The van der Waals surface area contributed by atoms with Gasteiger partial charge in [-0.15, -0.1) is 18.5 Å². The molecule has 0 aliphatic heterocycles. The first-order valence-corrected chi connectivity index (χ1v) is 7.52. The van der Waals surface area contributed by atoms with E-state index < -0.39 is 16.6 Å². The maximum atomic E-state index is 10.4. The van der Waals surface area contributed by atoms with E-state index in [1.807, 2.05) is 0 Å². The second-order valence-corrected chi connectivity index (χ2v) is 5.07. The van der Waals surface area contributed by atoms with Gasteiger partial charge in [0.1, 0.15) is 5.02 Å². The number of nitrogens with zero attached hydrogens (tertiary/aromatic N) is 1. The molecule has 1 aromatic rings. The van der Waals surface area contributed by atoms with E-state index in [9.17, 15) is 14.9 Å². The van der Waals surface area contributed by atoms with Crippen LogP contribution in [0.15, 0.2) is 18.2 Å². The van der Waals surface area contributed by atoms with E-state index in [1.54, 1.807) is 0 Å². The fourth-order valence-corrected chi connectivity index (χ4v) is 1.84. The van der Waals surface area contributed by atoms with Gasteiger partial charge < -0.3 is 20.0 Å². The Balaban J connectivity index is -0.000000158. The van der Waals surface area contributed by atoms with Crippen LogP contribution in [0.2, 0.25) is 5.02 Å². The molecule has 2 unspecified atom stereocenters. The summed E-state index contributed by atoms with van der Waals surface area (Å²) in [7, 11) is 5.44. The summed E-state index contributed by atoms with van der Waals surface area (Å²) in [5.41, 5.74) is -0.558. The number of aromatic carboxylic acids is 1. The van der Waals surface area contributed by atoms with Gasteiger partial charge in [-0.3, -0.25) is 10.1 Å². The van der Waals surface area contributed by atoms with Crippen LogP contribution in [0.25, 0.3) is 0 Å². The van der Waals surface area contributed by atoms with Crippen molar-refractivity contribution < 1.29 is 34.9 Å². The van der Waals surface area contributed by atoms with Crippen molar-refractivity contribution in [1.82, 2.24) is 0 Å². The fourth-order valence-electron chi connectivity index (χ4n) is 1.07. The van der Waals surface area contributed by atoms with Crippen LogP contribution in [0.3, 0.4) is 0 Å². The van der Waals surface area contributed by atoms with Crippen LogP contribution >= 0.6 is 30.1 Å². The Labute approximate surface area is 155 Å². The van der Waals surface area contributed by atoms with Crippen molar-refractivity contribution in [2.45, 2.75) is 12.8 Å². The smallest absolute Gasteiger partial charge is 0.335 e. The number of rotatable bonds is 5. The van der Waals surface area contributed by atoms with E-state index in [0.717, 1.165) is 6.07 Å². The van der Waals surface area contributed by atoms with Crippen molar-refractivity contribution in [3.05, 3.63) is 53.8 Å². The Kier molecular flexibility index (Phi) is 23.4. The van der Waals surface area contributed by atoms with Gasteiger partial charge in [-0.05, 0) is 37.3 Å². The van der Waals surface area contributed by atoms with Crippen LogP contribution < -0.4 is 0 Å². The molecule has 22 heavy (non-hydrogen) atoms. The average molecular weight is 546 g/mol.